The first-order chi connectivity index (χ1) is 8.68. The Morgan fingerprint density at radius 1 is 1.11 bits per heavy atom. The Bertz CT molecular complexity index is 569. The van der Waals surface area contributed by atoms with E-state index in [1.54, 1.807) is 0 Å². The molecule has 1 atom stereocenters. The lowest BCUT2D eigenvalue weighted by atomic mass is 9.95. The van der Waals surface area contributed by atoms with Crippen molar-refractivity contribution in [3.8, 4) is 0 Å². The van der Waals surface area contributed by atoms with Crippen molar-refractivity contribution in [3.63, 3.8) is 0 Å². The molecule has 1 heterocycles. The van der Waals surface area contributed by atoms with Gasteiger partial charge in [-0.2, -0.15) is 0 Å². The third kappa shape index (κ3) is 1.88. The largest absolute Gasteiger partial charge is 0.328 e. The van der Waals surface area contributed by atoms with Gasteiger partial charge in [0.2, 0.25) is 0 Å². The topological polar surface area (TPSA) is 54.9 Å². The van der Waals surface area contributed by atoms with Gasteiger partial charge in [0.25, 0.3) is 5.56 Å². The monoisotopic (exact) mass is 312 g/mol. The Morgan fingerprint density at radius 2 is 1.83 bits per heavy atom. The van der Waals surface area contributed by atoms with Crippen LogP contribution in [0.3, 0.4) is 0 Å². The molecule has 0 aromatic carbocycles. The number of hydrogen-bond acceptors (Lipinski definition) is 2. The summed E-state index contributed by atoms with van der Waals surface area (Å²) in [5, 5.41) is 0. The zero-order valence-electron chi connectivity index (χ0n) is 10.2. The predicted molar refractivity (Wildman–Crippen MR) is 73.4 cm³/mol. The molecule has 98 valence electrons. The number of halogens is 1. The van der Waals surface area contributed by atoms with Gasteiger partial charge in [-0.15, -0.1) is 0 Å². The molecule has 5 heteroatoms. The lowest BCUT2D eigenvalue weighted by Crippen LogP contribution is -2.40. The van der Waals surface area contributed by atoms with Crippen molar-refractivity contribution in [1.29, 1.82) is 0 Å². The van der Waals surface area contributed by atoms with E-state index in [0.717, 1.165) is 49.8 Å². The van der Waals surface area contributed by atoms with Crippen molar-refractivity contribution in [2.24, 2.45) is 0 Å². The van der Waals surface area contributed by atoms with Gasteiger partial charge in [0.15, 0.2) is 0 Å². The molecule has 3 rings (SSSR count). The maximum absolute atomic E-state index is 12.4. The number of alkyl halides is 1. The fraction of sp³-hybridized carbons (Fsp3) is 0.692. The Balaban J connectivity index is 2.11. The molecule has 0 unspecified atom stereocenters. The van der Waals surface area contributed by atoms with Crippen LogP contribution in [-0.4, -0.2) is 9.55 Å². The highest BCUT2D eigenvalue weighted by Gasteiger charge is 2.28. The third-order valence-electron chi connectivity index (χ3n) is 4.16. The van der Waals surface area contributed by atoms with Crippen molar-refractivity contribution < 1.29 is 0 Å². The van der Waals surface area contributed by atoms with Gasteiger partial charge in [0.05, 0.1) is 4.83 Å². The molecule has 0 bridgehead atoms. The summed E-state index contributed by atoms with van der Waals surface area (Å²) in [7, 11) is 0. The molecule has 2 aliphatic rings. The van der Waals surface area contributed by atoms with Gasteiger partial charge in [0, 0.05) is 17.3 Å². The Hall–Kier alpha value is -0.840. The van der Waals surface area contributed by atoms with E-state index in [9.17, 15) is 9.59 Å². The van der Waals surface area contributed by atoms with Crippen LogP contribution in [0.2, 0.25) is 0 Å². The van der Waals surface area contributed by atoms with Crippen LogP contribution in [0.1, 0.15) is 60.7 Å². The predicted octanol–water partition coefficient (Wildman–Crippen LogP) is 2.42. The van der Waals surface area contributed by atoms with Crippen LogP contribution in [0.4, 0.5) is 0 Å². The van der Waals surface area contributed by atoms with Crippen LogP contribution in [0, 0.1) is 0 Å². The molecule has 0 aliphatic heterocycles. The van der Waals surface area contributed by atoms with Crippen LogP contribution in [-0.2, 0) is 6.42 Å². The number of fused-ring (bicyclic) bond motifs is 1. The van der Waals surface area contributed by atoms with Crippen molar-refractivity contribution in [2.75, 3.05) is 0 Å². The SMILES string of the molecule is O=c1[nH]c2c(c(=O)n1C1CCCCC1)CC[C@H]2Br. The molecule has 1 aromatic heterocycles. The van der Waals surface area contributed by atoms with Crippen LogP contribution in [0.5, 0.6) is 0 Å². The molecule has 1 fully saturated rings. The van der Waals surface area contributed by atoms with E-state index >= 15 is 0 Å². The fourth-order valence-electron chi connectivity index (χ4n) is 3.20. The maximum Gasteiger partial charge on any atom is 0.328 e. The minimum Gasteiger partial charge on any atom is -0.310 e. The Kier molecular flexibility index (Phi) is 3.18. The van der Waals surface area contributed by atoms with E-state index in [1.165, 1.54) is 11.0 Å². The molecule has 0 saturated heterocycles. The summed E-state index contributed by atoms with van der Waals surface area (Å²) in [4.78, 5) is 27.6. The smallest absolute Gasteiger partial charge is 0.310 e. The van der Waals surface area contributed by atoms with Crippen LogP contribution < -0.4 is 11.2 Å². The molecule has 0 radical (unpaired) electrons. The average Bonchev–Trinajstić information content (AvgIpc) is 2.73. The summed E-state index contributed by atoms with van der Waals surface area (Å²) < 4.78 is 1.48. The number of nitrogens with one attached hydrogen (secondary N) is 1. The minimum atomic E-state index is -0.225. The summed E-state index contributed by atoms with van der Waals surface area (Å²) in [6.45, 7) is 0. The van der Waals surface area contributed by atoms with E-state index in [-0.39, 0.29) is 22.1 Å². The second kappa shape index (κ2) is 4.68. The van der Waals surface area contributed by atoms with Crippen LogP contribution >= 0.6 is 15.9 Å². The van der Waals surface area contributed by atoms with E-state index in [0.29, 0.717) is 0 Å². The van der Waals surface area contributed by atoms with Crippen molar-refractivity contribution >= 4 is 15.9 Å². The third-order valence-corrected chi connectivity index (χ3v) is 5.08. The highest BCUT2D eigenvalue weighted by molar-refractivity contribution is 9.09. The number of hydrogen-bond donors (Lipinski definition) is 1. The summed E-state index contributed by atoms with van der Waals surface area (Å²) >= 11 is 3.51. The minimum absolute atomic E-state index is 0.0531. The summed E-state index contributed by atoms with van der Waals surface area (Å²) in [5.74, 6) is 0. The number of H-pyrrole nitrogens is 1. The number of aromatic amines is 1. The van der Waals surface area contributed by atoms with Gasteiger partial charge in [0.1, 0.15) is 0 Å². The molecule has 1 aromatic rings. The lowest BCUT2D eigenvalue weighted by molar-refractivity contribution is 0.335. The number of nitrogens with zero attached hydrogens (tertiary/aromatic N) is 1. The Morgan fingerprint density at radius 3 is 2.56 bits per heavy atom. The second-order valence-corrected chi connectivity index (χ2v) is 6.40. The van der Waals surface area contributed by atoms with Crippen molar-refractivity contribution in [1.82, 2.24) is 9.55 Å². The first-order valence-electron chi connectivity index (χ1n) is 6.70. The zero-order valence-corrected chi connectivity index (χ0v) is 11.8. The highest BCUT2D eigenvalue weighted by Crippen LogP contribution is 2.34. The number of rotatable bonds is 1. The van der Waals surface area contributed by atoms with Crippen LogP contribution in [0.25, 0.3) is 0 Å². The van der Waals surface area contributed by atoms with E-state index in [4.69, 9.17) is 0 Å². The Labute approximate surface area is 114 Å². The molecular formula is C13H17BrN2O2. The molecule has 0 amide bonds. The standard InChI is InChI=1S/C13H17BrN2O2/c14-10-7-6-9-11(10)15-13(18)16(12(9)17)8-4-2-1-3-5-8/h8,10H,1-7H2,(H,15,18)/t10-/m1/s1. The molecule has 1 saturated carbocycles. The summed E-state index contributed by atoms with van der Waals surface area (Å²) in [5.41, 5.74) is 1.33. The maximum atomic E-state index is 12.4. The molecule has 0 spiro atoms. The molecule has 18 heavy (non-hydrogen) atoms. The first kappa shape index (κ1) is 12.2. The van der Waals surface area contributed by atoms with Gasteiger partial charge < -0.3 is 4.98 Å². The van der Waals surface area contributed by atoms with Gasteiger partial charge in [-0.05, 0) is 25.7 Å². The van der Waals surface area contributed by atoms with Gasteiger partial charge in [-0.3, -0.25) is 9.36 Å². The quantitative estimate of drug-likeness (QED) is 0.810. The van der Waals surface area contributed by atoms with Gasteiger partial charge in [-0.25, -0.2) is 4.79 Å². The van der Waals surface area contributed by atoms with Crippen molar-refractivity contribution in [3.05, 3.63) is 32.1 Å². The highest BCUT2D eigenvalue weighted by atomic mass is 79.9. The summed E-state index contributed by atoms with van der Waals surface area (Å²) in [6, 6.07) is 0.106. The fourth-order valence-corrected chi connectivity index (χ4v) is 3.82. The van der Waals surface area contributed by atoms with Crippen molar-refractivity contribution in [2.45, 2.75) is 55.8 Å². The lowest BCUT2D eigenvalue weighted by Gasteiger charge is -2.23. The molecule has 2 aliphatic carbocycles. The zero-order chi connectivity index (χ0) is 12.7. The number of aromatic nitrogens is 2. The average molecular weight is 313 g/mol. The normalized spacial score (nSPS) is 24.2. The summed E-state index contributed by atoms with van der Waals surface area (Å²) in [6.07, 6.45) is 7.04. The molecule has 1 N–H and O–H groups in total. The molecular weight excluding hydrogens is 296 g/mol. The van der Waals surface area contributed by atoms with E-state index in [1.807, 2.05) is 0 Å². The molecule has 4 nitrogen and oxygen atoms in total. The van der Waals surface area contributed by atoms with Gasteiger partial charge in [-0.1, -0.05) is 35.2 Å². The second-order valence-electron chi connectivity index (χ2n) is 5.30. The van der Waals surface area contributed by atoms with E-state index < -0.39 is 0 Å². The van der Waals surface area contributed by atoms with Gasteiger partial charge >= 0.3 is 5.69 Å². The van der Waals surface area contributed by atoms with E-state index in [2.05, 4.69) is 20.9 Å². The van der Waals surface area contributed by atoms with Crippen LogP contribution in [0.15, 0.2) is 9.59 Å². The first-order valence-corrected chi connectivity index (χ1v) is 7.61.